The van der Waals surface area contributed by atoms with Gasteiger partial charge in [0, 0.05) is 11.8 Å². The van der Waals surface area contributed by atoms with Crippen molar-refractivity contribution >= 4 is 40.9 Å². The lowest BCUT2D eigenvalue weighted by Crippen LogP contribution is -2.59. The third-order valence-corrected chi connectivity index (χ3v) is 4.81. The highest BCUT2D eigenvalue weighted by atomic mass is 16.5. The number of benzene rings is 2. The van der Waals surface area contributed by atoms with Crippen LogP contribution < -0.4 is 15.5 Å². The number of ether oxygens (including phenoxy) is 1. The number of esters is 1. The van der Waals surface area contributed by atoms with Gasteiger partial charge in [-0.2, -0.15) is 0 Å². The Bertz CT molecular complexity index is 980. The van der Waals surface area contributed by atoms with Crippen molar-refractivity contribution in [1.82, 2.24) is 0 Å². The lowest BCUT2D eigenvalue weighted by molar-refractivity contribution is -0.137. The van der Waals surface area contributed by atoms with E-state index in [4.69, 9.17) is 4.74 Å². The molecule has 30 heavy (non-hydrogen) atoms. The molecule has 0 saturated carbocycles. The number of hydrogen-bond donors (Lipinski definition) is 2. The van der Waals surface area contributed by atoms with Crippen molar-refractivity contribution in [3.05, 3.63) is 60.2 Å². The maximum atomic E-state index is 13.0. The monoisotopic (exact) mass is 407 g/mol. The second kappa shape index (κ2) is 8.82. The van der Waals surface area contributed by atoms with Crippen LogP contribution in [0.3, 0.4) is 0 Å². The maximum absolute atomic E-state index is 13.0. The summed E-state index contributed by atoms with van der Waals surface area (Å²) in [6.45, 7) is 5.56. The molecule has 0 bridgehead atoms. The highest BCUT2D eigenvalue weighted by Crippen LogP contribution is 2.36. The summed E-state index contributed by atoms with van der Waals surface area (Å²) in [6, 6.07) is 14.5. The van der Waals surface area contributed by atoms with Crippen molar-refractivity contribution in [2.45, 2.75) is 26.3 Å². The number of amides is 2. The summed E-state index contributed by atoms with van der Waals surface area (Å²) in [5, 5.41) is 5.95. The van der Waals surface area contributed by atoms with Crippen LogP contribution in [-0.4, -0.2) is 36.5 Å². The molecule has 156 valence electrons. The van der Waals surface area contributed by atoms with Crippen molar-refractivity contribution in [1.29, 1.82) is 0 Å². The first-order valence-corrected chi connectivity index (χ1v) is 9.75. The van der Waals surface area contributed by atoms with Crippen LogP contribution in [0.2, 0.25) is 0 Å². The quantitative estimate of drug-likeness (QED) is 0.566. The number of anilines is 3. The van der Waals surface area contributed by atoms with Crippen LogP contribution in [0.1, 0.15) is 26.3 Å². The molecule has 0 aliphatic carbocycles. The van der Waals surface area contributed by atoms with E-state index in [0.717, 1.165) is 11.3 Å². The van der Waals surface area contributed by atoms with E-state index in [1.165, 1.54) is 11.0 Å². The molecule has 0 atom stereocenters. The summed E-state index contributed by atoms with van der Waals surface area (Å²) < 4.78 is 4.85. The minimum absolute atomic E-state index is 0.0308. The van der Waals surface area contributed by atoms with Crippen LogP contribution in [-0.2, 0) is 19.1 Å². The number of nitrogens with one attached hydrogen (secondary N) is 2. The molecule has 0 aromatic heterocycles. The second-order valence-electron chi connectivity index (χ2n) is 7.32. The van der Waals surface area contributed by atoms with Crippen molar-refractivity contribution in [2.75, 3.05) is 28.7 Å². The number of rotatable bonds is 6. The first-order valence-electron chi connectivity index (χ1n) is 9.75. The summed E-state index contributed by atoms with van der Waals surface area (Å²) in [6.07, 6.45) is 3.04. The molecule has 0 spiro atoms. The zero-order valence-corrected chi connectivity index (χ0v) is 17.3. The molecule has 2 amide bonds. The Kier molecular flexibility index (Phi) is 6.20. The minimum atomic E-state index is -1.01. The smallest absolute Gasteiger partial charge is 0.330 e. The summed E-state index contributed by atoms with van der Waals surface area (Å²) in [5.41, 5.74) is 1.88. The zero-order chi connectivity index (χ0) is 21.7. The van der Waals surface area contributed by atoms with Crippen molar-refractivity contribution in [3.8, 4) is 0 Å². The fraction of sp³-hybridized carbons (Fsp3) is 0.261. The normalized spacial score (nSPS) is 14.8. The topological polar surface area (TPSA) is 87.7 Å². The van der Waals surface area contributed by atoms with E-state index < -0.39 is 11.5 Å². The summed E-state index contributed by atoms with van der Waals surface area (Å²) >= 11 is 0. The van der Waals surface area contributed by atoms with Crippen LogP contribution in [0.4, 0.5) is 17.1 Å². The van der Waals surface area contributed by atoms with Crippen LogP contribution in [0.5, 0.6) is 0 Å². The van der Waals surface area contributed by atoms with Gasteiger partial charge in [-0.1, -0.05) is 24.3 Å². The predicted octanol–water partition coefficient (Wildman–Crippen LogP) is 3.44. The van der Waals surface area contributed by atoms with Crippen LogP contribution in [0.25, 0.3) is 6.08 Å². The Morgan fingerprint density at radius 3 is 2.53 bits per heavy atom. The molecule has 0 saturated heterocycles. The molecule has 0 radical (unpaired) electrons. The predicted molar refractivity (Wildman–Crippen MR) is 117 cm³/mol. The lowest BCUT2D eigenvalue weighted by atomic mass is 9.96. The third-order valence-electron chi connectivity index (χ3n) is 4.81. The Labute approximate surface area is 175 Å². The number of fused-ring (bicyclic) bond motifs is 1. The molecular formula is C23H25N3O4. The van der Waals surface area contributed by atoms with Crippen LogP contribution in [0, 0.1) is 0 Å². The van der Waals surface area contributed by atoms with Gasteiger partial charge in [0.15, 0.2) is 0 Å². The number of carbonyl (C=O) groups excluding carboxylic acids is 3. The fourth-order valence-corrected chi connectivity index (χ4v) is 3.22. The molecule has 1 heterocycles. The number of carbonyl (C=O) groups is 3. The van der Waals surface area contributed by atoms with Gasteiger partial charge in [-0.05, 0) is 56.7 Å². The summed E-state index contributed by atoms with van der Waals surface area (Å²) in [7, 11) is 0. The summed E-state index contributed by atoms with van der Waals surface area (Å²) in [5.74, 6) is -0.834. The maximum Gasteiger partial charge on any atom is 0.330 e. The van der Waals surface area contributed by atoms with E-state index >= 15 is 0 Å². The molecule has 3 rings (SSSR count). The molecular weight excluding hydrogens is 382 g/mol. The molecule has 7 heteroatoms. The van der Waals surface area contributed by atoms with Gasteiger partial charge in [-0.15, -0.1) is 0 Å². The van der Waals surface area contributed by atoms with Gasteiger partial charge < -0.3 is 15.4 Å². The molecule has 2 aromatic carbocycles. The van der Waals surface area contributed by atoms with Gasteiger partial charge in [-0.25, -0.2) is 4.79 Å². The Morgan fingerprint density at radius 2 is 1.83 bits per heavy atom. The van der Waals surface area contributed by atoms with Crippen molar-refractivity contribution in [2.24, 2.45) is 0 Å². The first kappa shape index (κ1) is 21.1. The van der Waals surface area contributed by atoms with Crippen molar-refractivity contribution < 1.29 is 19.1 Å². The van der Waals surface area contributed by atoms with E-state index in [0.29, 0.717) is 18.0 Å². The van der Waals surface area contributed by atoms with Crippen LogP contribution in [0.15, 0.2) is 54.6 Å². The Hall–Kier alpha value is -3.61. The highest BCUT2D eigenvalue weighted by molar-refractivity contribution is 6.14. The zero-order valence-electron chi connectivity index (χ0n) is 17.3. The van der Waals surface area contributed by atoms with Gasteiger partial charge in [0.25, 0.3) is 0 Å². The van der Waals surface area contributed by atoms with Gasteiger partial charge >= 0.3 is 5.97 Å². The Balaban J connectivity index is 1.68. The number of nitrogens with zero attached hydrogens (tertiary/aromatic N) is 1. The van der Waals surface area contributed by atoms with Crippen molar-refractivity contribution in [3.63, 3.8) is 0 Å². The van der Waals surface area contributed by atoms with Gasteiger partial charge in [-0.3, -0.25) is 14.5 Å². The van der Waals surface area contributed by atoms with E-state index in [2.05, 4.69) is 10.6 Å². The molecule has 2 N–H and O–H groups in total. The lowest BCUT2D eigenvalue weighted by Gasteiger charge is -2.42. The number of hydrogen-bond acceptors (Lipinski definition) is 5. The van der Waals surface area contributed by atoms with Crippen LogP contribution >= 0.6 is 0 Å². The highest BCUT2D eigenvalue weighted by Gasteiger charge is 2.43. The first-order chi connectivity index (χ1) is 14.3. The van der Waals surface area contributed by atoms with E-state index in [1.54, 1.807) is 32.9 Å². The average molecular weight is 407 g/mol. The molecule has 7 nitrogen and oxygen atoms in total. The second-order valence-corrected chi connectivity index (χ2v) is 7.32. The minimum Gasteiger partial charge on any atom is -0.463 e. The Morgan fingerprint density at radius 1 is 1.13 bits per heavy atom. The van der Waals surface area contributed by atoms with E-state index in [1.807, 2.05) is 42.5 Å². The van der Waals surface area contributed by atoms with Gasteiger partial charge in [0.1, 0.15) is 5.54 Å². The standard InChI is InChI=1S/C23H25N3O4/c1-4-30-21(28)14-11-16-9-12-17(13-10-16)24-15-20(27)26-19-8-6-5-7-18(19)25-22(29)23(26,2)3/h5-14,24H,4,15H2,1-3H3,(H,25,29)/b14-11+. The molecule has 0 fully saturated rings. The SMILES string of the molecule is CCOC(=O)/C=C/c1ccc(NCC(=O)N2c3ccccc3NC(=O)C2(C)C)cc1. The average Bonchev–Trinajstić information content (AvgIpc) is 2.72. The van der Waals surface area contributed by atoms with E-state index in [9.17, 15) is 14.4 Å². The molecule has 1 aliphatic rings. The largest absolute Gasteiger partial charge is 0.463 e. The van der Waals surface area contributed by atoms with Gasteiger partial charge in [0.05, 0.1) is 24.5 Å². The van der Waals surface area contributed by atoms with E-state index in [-0.39, 0.29) is 18.4 Å². The molecule has 0 unspecified atom stereocenters. The number of para-hydroxylation sites is 2. The third kappa shape index (κ3) is 4.51. The summed E-state index contributed by atoms with van der Waals surface area (Å²) in [4.78, 5) is 38.4. The fourth-order valence-electron chi connectivity index (χ4n) is 3.22. The molecule has 1 aliphatic heterocycles. The molecule has 2 aromatic rings. The van der Waals surface area contributed by atoms with Gasteiger partial charge in [0.2, 0.25) is 11.8 Å².